The zero-order valence-electron chi connectivity index (χ0n) is 14.5. The second-order valence-corrected chi connectivity index (χ2v) is 6.42. The third-order valence-corrected chi connectivity index (χ3v) is 4.80. The number of carbonyl (C=O) groups is 1. The van der Waals surface area contributed by atoms with Crippen molar-refractivity contribution in [3.63, 3.8) is 0 Å². The van der Waals surface area contributed by atoms with Crippen LogP contribution in [0.1, 0.15) is 24.6 Å². The summed E-state index contributed by atoms with van der Waals surface area (Å²) in [5, 5.41) is 2.86. The van der Waals surface area contributed by atoms with Gasteiger partial charge in [0, 0.05) is 20.1 Å². The molecule has 1 fully saturated rings. The Balaban J connectivity index is 1.53. The molecule has 0 saturated carbocycles. The second-order valence-electron chi connectivity index (χ2n) is 6.42. The van der Waals surface area contributed by atoms with Crippen LogP contribution in [0.25, 0.3) is 11.2 Å². The summed E-state index contributed by atoms with van der Waals surface area (Å²) in [7, 11) is 1.71. The number of hydrogen-bond donors (Lipinski definition) is 1. The van der Waals surface area contributed by atoms with E-state index in [1.807, 2.05) is 6.07 Å². The van der Waals surface area contributed by atoms with Crippen molar-refractivity contribution in [3.05, 3.63) is 47.2 Å². The molecule has 0 radical (unpaired) electrons. The fourth-order valence-electron chi connectivity index (χ4n) is 3.46. The summed E-state index contributed by atoms with van der Waals surface area (Å²) in [6.07, 6.45) is 6.30. The molecule has 0 aliphatic carbocycles. The quantitative estimate of drug-likeness (QED) is 0.762. The normalized spacial score (nSPS) is 17.6. The fourth-order valence-corrected chi connectivity index (χ4v) is 3.46. The number of hydrogen-bond acceptors (Lipinski definition) is 5. The molecule has 1 aliphatic rings. The lowest BCUT2D eigenvalue weighted by atomic mass is 10.1. The first-order chi connectivity index (χ1) is 12.6. The molecule has 0 bridgehead atoms. The van der Waals surface area contributed by atoms with E-state index < -0.39 is 0 Å². The largest absolute Gasteiger partial charge is 0.467 e. The van der Waals surface area contributed by atoms with E-state index in [0.717, 1.165) is 12.8 Å². The molecule has 0 unspecified atom stereocenters. The van der Waals surface area contributed by atoms with Crippen LogP contribution in [0.2, 0.25) is 0 Å². The summed E-state index contributed by atoms with van der Waals surface area (Å²) in [4.78, 5) is 35.2. The Morgan fingerprint density at radius 2 is 2.35 bits per heavy atom. The molecule has 0 spiro atoms. The Kier molecular flexibility index (Phi) is 4.19. The Bertz CT molecular complexity index is 974. The Morgan fingerprint density at radius 1 is 1.46 bits per heavy atom. The molecule has 9 heteroatoms. The molecule has 2 amide bonds. The highest BCUT2D eigenvalue weighted by atomic mass is 16.3. The molecule has 4 heterocycles. The van der Waals surface area contributed by atoms with E-state index in [2.05, 4.69) is 15.3 Å². The van der Waals surface area contributed by atoms with Crippen molar-refractivity contribution >= 4 is 17.2 Å². The summed E-state index contributed by atoms with van der Waals surface area (Å²) in [6, 6.07) is 3.33. The summed E-state index contributed by atoms with van der Waals surface area (Å²) >= 11 is 0. The first-order valence-electron chi connectivity index (χ1n) is 8.57. The number of piperidine rings is 1. The van der Waals surface area contributed by atoms with E-state index in [-0.39, 0.29) is 17.8 Å². The van der Waals surface area contributed by atoms with Gasteiger partial charge in [0.2, 0.25) is 0 Å². The van der Waals surface area contributed by atoms with E-state index >= 15 is 0 Å². The SMILES string of the molecule is Cn1c(=O)n([C@@H]2CCCN(C(=O)NCc3ccco3)C2)c2ncncc21. The maximum Gasteiger partial charge on any atom is 0.330 e. The topological polar surface area (TPSA) is 98.2 Å². The smallest absolute Gasteiger partial charge is 0.330 e. The lowest BCUT2D eigenvalue weighted by molar-refractivity contribution is 0.165. The van der Waals surface area contributed by atoms with Gasteiger partial charge in [0.1, 0.15) is 17.6 Å². The highest BCUT2D eigenvalue weighted by Crippen LogP contribution is 2.23. The highest BCUT2D eigenvalue weighted by molar-refractivity contribution is 5.74. The summed E-state index contributed by atoms with van der Waals surface area (Å²) in [5.74, 6) is 0.703. The van der Waals surface area contributed by atoms with E-state index in [9.17, 15) is 9.59 Å². The van der Waals surface area contributed by atoms with Gasteiger partial charge in [-0.05, 0) is 25.0 Å². The first kappa shape index (κ1) is 16.4. The molecule has 9 nitrogen and oxygen atoms in total. The number of aryl methyl sites for hydroxylation is 1. The summed E-state index contributed by atoms with van der Waals surface area (Å²) < 4.78 is 8.46. The standard InChI is InChI=1S/C17H20N6O3/c1-21-14-9-18-11-20-15(14)23(17(21)25)12-4-2-6-22(10-12)16(24)19-8-13-5-3-7-26-13/h3,5,7,9,11-12H,2,4,6,8,10H2,1H3,(H,19,24)/t12-/m1/s1. The van der Waals surface area contributed by atoms with Gasteiger partial charge in [0.25, 0.3) is 0 Å². The lowest BCUT2D eigenvalue weighted by Crippen LogP contribution is -2.47. The third-order valence-electron chi connectivity index (χ3n) is 4.80. The Morgan fingerprint density at radius 3 is 3.15 bits per heavy atom. The van der Waals surface area contributed by atoms with Crippen LogP contribution in [0.3, 0.4) is 0 Å². The maximum atomic E-state index is 12.7. The predicted molar refractivity (Wildman–Crippen MR) is 93.6 cm³/mol. The molecule has 1 N–H and O–H groups in total. The molecule has 3 aromatic rings. The number of imidazole rings is 1. The van der Waals surface area contributed by atoms with Gasteiger partial charge in [-0.1, -0.05) is 0 Å². The van der Waals surface area contributed by atoms with Gasteiger partial charge < -0.3 is 14.6 Å². The Labute approximate surface area is 149 Å². The number of likely N-dealkylation sites (tertiary alicyclic amines) is 1. The monoisotopic (exact) mass is 356 g/mol. The Hall–Kier alpha value is -3.10. The minimum atomic E-state index is -0.158. The highest BCUT2D eigenvalue weighted by Gasteiger charge is 2.28. The molecule has 1 saturated heterocycles. The zero-order chi connectivity index (χ0) is 18.1. The molecule has 0 aromatic carbocycles. The summed E-state index contributed by atoms with van der Waals surface area (Å²) in [6.45, 7) is 1.47. The van der Waals surface area contributed by atoms with Crippen LogP contribution in [0.4, 0.5) is 4.79 Å². The van der Waals surface area contributed by atoms with E-state index in [0.29, 0.717) is 36.6 Å². The molecular formula is C17H20N6O3. The zero-order valence-corrected chi connectivity index (χ0v) is 14.5. The van der Waals surface area contributed by atoms with Crippen LogP contribution < -0.4 is 11.0 Å². The van der Waals surface area contributed by atoms with Crippen LogP contribution in [0, 0.1) is 0 Å². The number of nitrogens with one attached hydrogen (secondary N) is 1. The van der Waals surface area contributed by atoms with Crippen LogP contribution in [-0.2, 0) is 13.6 Å². The van der Waals surface area contributed by atoms with Crippen molar-refractivity contribution in [3.8, 4) is 0 Å². The average molecular weight is 356 g/mol. The van der Waals surface area contributed by atoms with Gasteiger partial charge >= 0.3 is 11.7 Å². The number of furan rings is 1. The van der Waals surface area contributed by atoms with E-state index in [1.165, 1.54) is 6.33 Å². The van der Waals surface area contributed by atoms with Crippen molar-refractivity contribution in [2.75, 3.05) is 13.1 Å². The van der Waals surface area contributed by atoms with Crippen LogP contribution in [-0.4, -0.2) is 43.1 Å². The van der Waals surface area contributed by atoms with Crippen molar-refractivity contribution < 1.29 is 9.21 Å². The third kappa shape index (κ3) is 2.85. The second kappa shape index (κ2) is 6.66. The summed E-state index contributed by atoms with van der Waals surface area (Å²) in [5.41, 5.74) is 1.16. The molecular weight excluding hydrogens is 336 g/mol. The first-order valence-corrected chi connectivity index (χ1v) is 8.57. The van der Waals surface area contributed by atoms with Crippen LogP contribution in [0.5, 0.6) is 0 Å². The van der Waals surface area contributed by atoms with E-state index in [1.54, 1.807) is 39.6 Å². The van der Waals surface area contributed by atoms with Crippen molar-refractivity contribution in [2.24, 2.45) is 7.05 Å². The minimum Gasteiger partial charge on any atom is -0.467 e. The molecule has 1 aliphatic heterocycles. The maximum absolute atomic E-state index is 12.7. The van der Waals surface area contributed by atoms with Gasteiger partial charge in [-0.25, -0.2) is 19.6 Å². The lowest BCUT2D eigenvalue weighted by Gasteiger charge is -2.33. The molecule has 3 aromatic heterocycles. The molecule has 136 valence electrons. The average Bonchev–Trinajstić information content (AvgIpc) is 3.27. The number of carbonyl (C=O) groups excluding carboxylic acids is 1. The fraction of sp³-hybridized carbons (Fsp3) is 0.412. The number of fused-ring (bicyclic) bond motifs is 1. The van der Waals surface area contributed by atoms with Gasteiger partial charge in [-0.3, -0.25) is 9.13 Å². The van der Waals surface area contributed by atoms with Crippen LogP contribution in [0.15, 0.2) is 40.1 Å². The van der Waals surface area contributed by atoms with Gasteiger partial charge in [-0.2, -0.15) is 0 Å². The molecule has 1 atom stereocenters. The predicted octanol–water partition coefficient (Wildman–Crippen LogP) is 1.27. The van der Waals surface area contributed by atoms with Gasteiger partial charge in [0.05, 0.1) is 25.0 Å². The minimum absolute atomic E-state index is 0.107. The van der Waals surface area contributed by atoms with Crippen molar-refractivity contribution in [2.45, 2.75) is 25.4 Å². The molecule has 4 rings (SSSR count). The van der Waals surface area contributed by atoms with E-state index in [4.69, 9.17) is 4.42 Å². The van der Waals surface area contributed by atoms with Crippen molar-refractivity contribution in [1.29, 1.82) is 0 Å². The van der Waals surface area contributed by atoms with Gasteiger partial charge in [-0.15, -0.1) is 0 Å². The molecule has 26 heavy (non-hydrogen) atoms. The number of aromatic nitrogens is 4. The van der Waals surface area contributed by atoms with Gasteiger partial charge in [0.15, 0.2) is 5.65 Å². The van der Waals surface area contributed by atoms with Crippen molar-refractivity contribution in [1.82, 2.24) is 29.3 Å². The number of nitrogens with zero attached hydrogens (tertiary/aromatic N) is 5. The number of rotatable bonds is 3. The van der Waals surface area contributed by atoms with Crippen LogP contribution >= 0.6 is 0 Å². The number of amides is 2. The number of urea groups is 1.